The van der Waals surface area contributed by atoms with Gasteiger partial charge < -0.3 is 15.0 Å². The number of nitrogens with one attached hydrogen (secondary N) is 1. The van der Waals surface area contributed by atoms with Crippen molar-refractivity contribution >= 4 is 23.5 Å². The van der Waals surface area contributed by atoms with Gasteiger partial charge in [-0.25, -0.2) is 4.79 Å². The first-order valence-corrected chi connectivity index (χ1v) is 9.90. The number of esters is 1. The van der Waals surface area contributed by atoms with E-state index in [1.165, 1.54) is 7.11 Å². The van der Waals surface area contributed by atoms with Gasteiger partial charge in [0.2, 0.25) is 5.91 Å². The molecule has 2 aliphatic carbocycles. The Kier molecular flexibility index (Phi) is 4.89. The van der Waals surface area contributed by atoms with Crippen LogP contribution >= 0.6 is 0 Å². The molecule has 6 heteroatoms. The first-order valence-electron chi connectivity index (χ1n) is 9.90. The summed E-state index contributed by atoms with van der Waals surface area (Å²) in [6, 6.07) is 6.60. The molecule has 3 aliphatic rings. The van der Waals surface area contributed by atoms with Crippen molar-refractivity contribution in [2.45, 2.75) is 57.0 Å². The summed E-state index contributed by atoms with van der Waals surface area (Å²) < 4.78 is 4.97. The zero-order chi connectivity index (χ0) is 19.0. The average molecular weight is 370 g/mol. The first kappa shape index (κ1) is 18.0. The van der Waals surface area contributed by atoms with Gasteiger partial charge in [0.15, 0.2) is 0 Å². The van der Waals surface area contributed by atoms with E-state index in [0.717, 1.165) is 38.5 Å². The summed E-state index contributed by atoms with van der Waals surface area (Å²) in [6.45, 7) is 0. The number of methoxy groups -OCH3 is 1. The fraction of sp³-hybridized carbons (Fsp3) is 0.571. The minimum atomic E-state index is -0.496. The van der Waals surface area contributed by atoms with Gasteiger partial charge in [0.25, 0.3) is 5.91 Å². The molecule has 1 aromatic carbocycles. The van der Waals surface area contributed by atoms with Crippen LogP contribution in [0.3, 0.4) is 0 Å². The molecule has 1 saturated heterocycles. The number of fused-ring (bicyclic) bond motifs is 1. The summed E-state index contributed by atoms with van der Waals surface area (Å²) in [5.41, 5.74) is 1.24. The van der Waals surface area contributed by atoms with Gasteiger partial charge in [-0.1, -0.05) is 12.8 Å². The van der Waals surface area contributed by atoms with Crippen LogP contribution in [0.25, 0.3) is 0 Å². The van der Waals surface area contributed by atoms with Crippen LogP contribution in [0, 0.1) is 11.8 Å². The predicted octanol–water partition coefficient (Wildman–Crippen LogP) is 2.98. The van der Waals surface area contributed by atoms with Gasteiger partial charge >= 0.3 is 5.97 Å². The highest BCUT2D eigenvalue weighted by atomic mass is 16.5. The number of anilines is 1. The highest BCUT2D eigenvalue weighted by Gasteiger charge is 2.48. The zero-order valence-electron chi connectivity index (χ0n) is 15.6. The third-order valence-electron chi connectivity index (χ3n) is 6.14. The molecule has 0 aromatic heterocycles. The topological polar surface area (TPSA) is 75.7 Å². The summed E-state index contributed by atoms with van der Waals surface area (Å²) in [5, 5.41) is 2.88. The molecule has 3 atom stereocenters. The summed E-state index contributed by atoms with van der Waals surface area (Å²) in [4.78, 5) is 39.1. The summed E-state index contributed by atoms with van der Waals surface area (Å²) in [5.74, 6) is 0.110. The zero-order valence-corrected chi connectivity index (χ0v) is 15.6. The van der Waals surface area contributed by atoms with Crippen LogP contribution in [0.15, 0.2) is 24.3 Å². The molecule has 2 saturated carbocycles. The molecule has 4 rings (SSSR count). The van der Waals surface area contributed by atoms with Crippen molar-refractivity contribution in [1.82, 2.24) is 4.90 Å². The van der Waals surface area contributed by atoms with E-state index in [2.05, 4.69) is 5.32 Å². The molecule has 2 amide bonds. The third-order valence-corrected chi connectivity index (χ3v) is 6.14. The van der Waals surface area contributed by atoms with Crippen LogP contribution in [0.2, 0.25) is 0 Å². The maximum atomic E-state index is 13.2. The lowest BCUT2D eigenvalue weighted by atomic mass is 9.84. The fourth-order valence-corrected chi connectivity index (χ4v) is 4.53. The second-order valence-electron chi connectivity index (χ2n) is 7.94. The predicted molar refractivity (Wildman–Crippen MR) is 100 cm³/mol. The number of carbonyl (C=O) groups is 3. The van der Waals surface area contributed by atoms with E-state index in [1.54, 1.807) is 29.2 Å². The van der Waals surface area contributed by atoms with Crippen LogP contribution in [0.5, 0.6) is 0 Å². The molecule has 144 valence electrons. The largest absolute Gasteiger partial charge is 0.467 e. The fourth-order valence-electron chi connectivity index (χ4n) is 4.53. The van der Waals surface area contributed by atoms with E-state index in [0.29, 0.717) is 23.6 Å². The molecule has 3 fully saturated rings. The van der Waals surface area contributed by atoms with Crippen LogP contribution in [-0.2, 0) is 14.3 Å². The number of hydrogen-bond acceptors (Lipinski definition) is 4. The van der Waals surface area contributed by atoms with Crippen molar-refractivity contribution in [3.8, 4) is 0 Å². The number of likely N-dealkylation sites (tertiary alicyclic amines) is 1. The van der Waals surface area contributed by atoms with Crippen LogP contribution < -0.4 is 5.32 Å². The molecule has 0 radical (unpaired) electrons. The smallest absolute Gasteiger partial charge is 0.328 e. The number of amides is 2. The van der Waals surface area contributed by atoms with E-state index in [-0.39, 0.29) is 29.7 Å². The first-order chi connectivity index (χ1) is 13.1. The van der Waals surface area contributed by atoms with E-state index in [1.807, 2.05) is 0 Å². The van der Waals surface area contributed by atoms with Crippen molar-refractivity contribution in [3.05, 3.63) is 29.8 Å². The molecule has 0 spiro atoms. The van der Waals surface area contributed by atoms with Crippen molar-refractivity contribution in [2.24, 2.45) is 11.8 Å². The minimum Gasteiger partial charge on any atom is -0.467 e. The van der Waals surface area contributed by atoms with Crippen LogP contribution in [-0.4, -0.2) is 41.9 Å². The molecule has 1 aliphatic heterocycles. The van der Waals surface area contributed by atoms with Crippen molar-refractivity contribution in [2.75, 3.05) is 12.4 Å². The number of ether oxygens (including phenoxy) is 1. The maximum Gasteiger partial charge on any atom is 0.328 e. The Labute approximate surface area is 159 Å². The molecular formula is C21H26N2O4. The number of rotatable bonds is 4. The molecule has 1 heterocycles. The van der Waals surface area contributed by atoms with Gasteiger partial charge in [-0.2, -0.15) is 0 Å². The van der Waals surface area contributed by atoms with Gasteiger partial charge in [-0.3, -0.25) is 9.59 Å². The highest BCUT2D eigenvalue weighted by Crippen LogP contribution is 2.41. The lowest BCUT2D eigenvalue weighted by Crippen LogP contribution is -2.46. The summed E-state index contributed by atoms with van der Waals surface area (Å²) in [6.07, 6.45) is 6.85. The lowest BCUT2D eigenvalue weighted by Gasteiger charge is -2.33. The van der Waals surface area contributed by atoms with Crippen molar-refractivity contribution in [1.29, 1.82) is 0 Å². The monoisotopic (exact) mass is 370 g/mol. The number of carbonyl (C=O) groups excluding carboxylic acids is 3. The van der Waals surface area contributed by atoms with Gasteiger partial charge in [0.05, 0.1) is 7.11 Å². The minimum absolute atomic E-state index is 0.0458. The third kappa shape index (κ3) is 3.57. The highest BCUT2D eigenvalue weighted by molar-refractivity contribution is 5.99. The number of hydrogen-bond donors (Lipinski definition) is 1. The van der Waals surface area contributed by atoms with E-state index >= 15 is 0 Å². The standard InChI is InChI=1S/C21H26N2O4/c1-27-21(26)18-12-15-4-2-3-5-17(15)23(18)20(25)14-8-10-16(11-9-14)22-19(24)13-6-7-13/h8-11,13,15,17-18H,2-7,12H2,1H3,(H,22,24)/t15-,17-,18+/m1/s1. The van der Waals surface area contributed by atoms with Gasteiger partial charge in [-0.15, -0.1) is 0 Å². The van der Waals surface area contributed by atoms with E-state index < -0.39 is 6.04 Å². The molecule has 27 heavy (non-hydrogen) atoms. The lowest BCUT2D eigenvalue weighted by molar-refractivity contribution is -0.145. The van der Waals surface area contributed by atoms with E-state index in [9.17, 15) is 14.4 Å². The molecule has 0 unspecified atom stereocenters. The molecular weight excluding hydrogens is 344 g/mol. The van der Waals surface area contributed by atoms with Crippen LogP contribution in [0.1, 0.15) is 55.3 Å². The normalized spacial score (nSPS) is 27.0. The Morgan fingerprint density at radius 1 is 1.04 bits per heavy atom. The molecule has 1 N–H and O–H groups in total. The Bertz CT molecular complexity index is 741. The van der Waals surface area contributed by atoms with Gasteiger partial charge in [-0.05, 0) is 62.3 Å². The van der Waals surface area contributed by atoms with Crippen LogP contribution in [0.4, 0.5) is 5.69 Å². The second kappa shape index (κ2) is 7.33. The quantitative estimate of drug-likeness (QED) is 0.827. The summed E-state index contributed by atoms with van der Waals surface area (Å²) >= 11 is 0. The van der Waals surface area contributed by atoms with Crippen molar-refractivity contribution in [3.63, 3.8) is 0 Å². The molecule has 0 bridgehead atoms. The molecule has 6 nitrogen and oxygen atoms in total. The maximum absolute atomic E-state index is 13.2. The molecule has 1 aromatic rings. The Morgan fingerprint density at radius 2 is 1.74 bits per heavy atom. The number of benzene rings is 1. The SMILES string of the molecule is COC(=O)[C@@H]1C[C@H]2CCCC[C@H]2N1C(=O)c1ccc(NC(=O)C2CC2)cc1. The Hall–Kier alpha value is -2.37. The second-order valence-corrected chi connectivity index (χ2v) is 7.94. The summed E-state index contributed by atoms with van der Waals surface area (Å²) in [7, 11) is 1.38. The Balaban J connectivity index is 1.52. The van der Waals surface area contributed by atoms with Crippen molar-refractivity contribution < 1.29 is 19.1 Å². The average Bonchev–Trinajstić information content (AvgIpc) is 3.47. The van der Waals surface area contributed by atoms with Gasteiger partial charge in [0, 0.05) is 23.2 Å². The van der Waals surface area contributed by atoms with Gasteiger partial charge in [0.1, 0.15) is 6.04 Å². The van der Waals surface area contributed by atoms with E-state index in [4.69, 9.17) is 4.74 Å². The Morgan fingerprint density at radius 3 is 2.41 bits per heavy atom. The number of nitrogens with zero attached hydrogens (tertiary/aromatic N) is 1.